The Hall–Kier alpha value is -0.570. The fraction of sp³-hybridized carbons (Fsp3) is 0.889. The van der Waals surface area contributed by atoms with Crippen molar-refractivity contribution in [1.82, 2.24) is 10.2 Å². The molecule has 2 fully saturated rings. The van der Waals surface area contributed by atoms with Crippen LogP contribution in [0.15, 0.2) is 0 Å². The zero-order valence-corrected chi connectivity index (χ0v) is 7.33. The number of nitrogens with zero attached hydrogens (tertiary/aromatic N) is 1. The third kappa shape index (κ3) is 1.33. The number of hydrogen-bond acceptors (Lipinski definition) is 2. The highest BCUT2D eigenvalue weighted by Gasteiger charge is 2.31. The second-order valence-electron chi connectivity index (χ2n) is 3.76. The van der Waals surface area contributed by atoms with Gasteiger partial charge in [0.05, 0.1) is 0 Å². The molecule has 0 radical (unpaired) electrons. The fourth-order valence-corrected chi connectivity index (χ4v) is 2.42. The van der Waals surface area contributed by atoms with Gasteiger partial charge >= 0.3 is 0 Å². The van der Waals surface area contributed by atoms with Crippen LogP contribution in [0.4, 0.5) is 0 Å². The van der Waals surface area contributed by atoms with E-state index < -0.39 is 0 Å². The third-order valence-electron chi connectivity index (χ3n) is 3.07. The summed E-state index contributed by atoms with van der Waals surface area (Å²) in [7, 11) is 0. The van der Waals surface area contributed by atoms with Crippen LogP contribution in [0.3, 0.4) is 0 Å². The second-order valence-corrected chi connectivity index (χ2v) is 3.76. The van der Waals surface area contributed by atoms with Gasteiger partial charge in [-0.05, 0) is 12.8 Å². The molecule has 0 unspecified atom stereocenters. The van der Waals surface area contributed by atoms with Gasteiger partial charge in [0, 0.05) is 25.2 Å². The topological polar surface area (TPSA) is 32.3 Å². The maximum atomic E-state index is 10.7. The van der Waals surface area contributed by atoms with Gasteiger partial charge in [0.25, 0.3) is 0 Å². The van der Waals surface area contributed by atoms with E-state index >= 15 is 0 Å². The Morgan fingerprint density at radius 3 is 3.00 bits per heavy atom. The van der Waals surface area contributed by atoms with Crippen molar-refractivity contribution in [3.05, 3.63) is 0 Å². The second kappa shape index (κ2) is 3.44. The van der Waals surface area contributed by atoms with Crippen LogP contribution >= 0.6 is 0 Å². The number of nitrogens with one attached hydrogen (secondary N) is 1. The first-order chi connectivity index (χ1) is 5.92. The molecule has 1 N–H and O–H groups in total. The molecule has 0 bridgehead atoms. The number of hydrogen-bond donors (Lipinski definition) is 1. The van der Waals surface area contributed by atoms with E-state index in [9.17, 15) is 4.79 Å². The first-order valence-electron chi connectivity index (χ1n) is 4.86. The molecular formula is C9H16N2O. The Kier molecular flexibility index (Phi) is 2.30. The Morgan fingerprint density at radius 1 is 1.33 bits per heavy atom. The molecule has 1 aliphatic heterocycles. The van der Waals surface area contributed by atoms with Crippen LogP contribution in [0.2, 0.25) is 0 Å². The summed E-state index contributed by atoms with van der Waals surface area (Å²) in [5.74, 6) is 0. The summed E-state index contributed by atoms with van der Waals surface area (Å²) < 4.78 is 0. The SMILES string of the molecule is O=CN1CCN[C@H]2CCCC[C@@H]21. The first kappa shape index (κ1) is 8.05. The molecule has 68 valence electrons. The van der Waals surface area contributed by atoms with Gasteiger partial charge in [0.1, 0.15) is 0 Å². The summed E-state index contributed by atoms with van der Waals surface area (Å²) in [6.45, 7) is 1.87. The zero-order chi connectivity index (χ0) is 8.39. The number of piperazine rings is 1. The normalized spacial score (nSPS) is 35.8. The quantitative estimate of drug-likeness (QED) is 0.573. The average Bonchev–Trinajstić information content (AvgIpc) is 2.17. The molecule has 1 saturated carbocycles. The molecule has 0 aromatic rings. The van der Waals surface area contributed by atoms with Crippen LogP contribution in [0, 0.1) is 0 Å². The number of rotatable bonds is 1. The molecule has 3 heteroatoms. The van der Waals surface area contributed by atoms with Crippen LogP contribution in [-0.4, -0.2) is 36.5 Å². The predicted octanol–water partition coefficient (Wildman–Crippen LogP) is 0.359. The van der Waals surface area contributed by atoms with Gasteiger partial charge in [-0.15, -0.1) is 0 Å². The minimum absolute atomic E-state index is 0.491. The van der Waals surface area contributed by atoms with Crippen LogP contribution < -0.4 is 5.32 Å². The molecule has 2 rings (SSSR count). The molecule has 12 heavy (non-hydrogen) atoms. The van der Waals surface area contributed by atoms with E-state index in [2.05, 4.69) is 5.32 Å². The molecule has 0 spiro atoms. The Morgan fingerprint density at radius 2 is 2.17 bits per heavy atom. The van der Waals surface area contributed by atoms with Crippen molar-refractivity contribution in [3.63, 3.8) is 0 Å². The lowest BCUT2D eigenvalue weighted by Gasteiger charge is -2.42. The minimum Gasteiger partial charge on any atom is -0.339 e. The van der Waals surface area contributed by atoms with E-state index in [1.54, 1.807) is 0 Å². The predicted molar refractivity (Wildman–Crippen MR) is 46.8 cm³/mol. The number of carbonyl (C=O) groups excluding carboxylic acids is 1. The molecule has 2 aliphatic rings. The molecule has 0 aromatic heterocycles. The zero-order valence-electron chi connectivity index (χ0n) is 7.33. The molecule has 1 aliphatic carbocycles. The van der Waals surface area contributed by atoms with Crippen LogP contribution in [0.25, 0.3) is 0 Å². The highest BCUT2D eigenvalue weighted by molar-refractivity contribution is 5.48. The number of amides is 1. The molecule has 2 atom stereocenters. The van der Waals surface area contributed by atoms with Gasteiger partial charge in [-0.25, -0.2) is 0 Å². The molecule has 1 amide bonds. The van der Waals surface area contributed by atoms with E-state index in [1.807, 2.05) is 4.90 Å². The lowest BCUT2D eigenvalue weighted by Crippen LogP contribution is -2.58. The highest BCUT2D eigenvalue weighted by atomic mass is 16.1. The van der Waals surface area contributed by atoms with Crippen molar-refractivity contribution in [2.24, 2.45) is 0 Å². The third-order valence-corrected chi connectivity index (χ3v) is 3.07. The van der Waals surface area contributed by atoms with Gasteiger partial charge in [0.2, 0.25) is 6.41 Å². The molecule has 3 nitrogen and oxygen atoms in total. The standard InChI is InChI=1S/C9H16N2O/c12-7-11-6-5-10-8-3-1-2-4-9(8)11/h7-10H,1-6H2/t8-,9-/m0/s1. The van der Waals surface area contributed by atoms with Crippen LogP contribution in [0.5, 0.6) is 0 Å². The van der Waals surface area contributed by atoms with E-state index in [0.29, 0.717) is 12.1 Å². The summed E-state index contributed by atoms with van der Waals surface area (Å²) >= 11 is 0. The number of fused-ring (bicyclic) bond motifs is 1. The lowest BCUT2D eigenvalue weighted by molar-refractivity contribution is -0.122. The summed E-state index contributed by atoms with van der Waals surface area (Å²) in [5.41, 5.74) is 0. The largest absolute Gasteiger partial charge is 0.339 e. The highest BCUT2D eigenvalue weighted by Crippen LogP contribution is 2.24. The molecule has 1 saturated heterocycles. The Bertz CT molecular complexity index is 170. The average molecular weight is 168 g/mol. The van der Waals surface area contributed by atoms with E-state index in [-0.39, 0.29) is 0 Å². The summed E-state index contributed by atoms with van der Waals surface area (Å²) in [6.07, 6.45) is 6.06. The van der Waals surface area contributed by atoms with Gasteiger partial charge in [-0.1, -0.05) is 12.8 Å². The van der Waals surface area contributed by atoms with E-state index in [4.69, 9.17) is 0 Å². The smallest absolute Gasteiger partial charge is 0.210 e. The lowest BCUT2D eigenvalue weighted by atomic mass is 9.88. The minimum atomic E-state index is 0.491. The fourth-order valence-electron chi connectivity index (χ4n) is 2.42. The van der Waals surface area contributed by atoms with Gasteiger partial charge in [-0.3, -0.25) is 4.79 Å². The van der Waals surface area contributed by atoms with Crippen molar-refractivity contribution in [3.8, 4) is 0 Å². The van der Waals surface area contributed by atoms with Gasteiger partial charge < -0.3 is 10.2 Å². The molecular weight excluding hydrogens is 152 g/mol. The van der Waals surface area contributed by atoms with Crippen LogP contribution in [0.1, 0.15) is 25.7 Å². The van der Waals surface area contributed by atoms with Crippen molar-refractivity contribution in [1.29, 1.82) is 0 Å². The Labute approximate surface area is 73.1 Å². The van der Waals surface area contributed by atoms with Crippen molar-refractivity contribution < 1.29 is 4.79 Å². The van der Waals surface area contributed by atoms with E-state index in [1.165, 1.54) is 25.7 Å². The first-order valence-corrected chi connectivity index (χ1v) is 4.86. The summed E-state index contributed by atoms with van der Waals surface area (Å²) in [6, 6.07) is 1.07. The number of carbonyl (C=O) groups is 1. The van der Waals surface area contributed by atoms with Crippen molar-refractivity contribution in [2.45, 2.75) is 37.8 Å². The molecule has 0 aromatic carbocycles. The Balaban J connectivity index is 2.03. The van der Waals surface area contributed by atoms with Crippen LogP contribution in [-0.2, 0) is 4.79 Å². The summed E-state index contributed by atoms with van der Waals surface area (Å²) in [5, 5.41) is 3.48. The maximum absolute atomic E-state index is 10.7. The maximum Gasteiger partial charge on any atom is 0.210 e. The molecule has 1 heterocycles. The van der Waals surface area contributed by atoms with Gasteiger partial charge in [0.15, 0.2) is 0 Å². The van der Waals surface area contributed by atoms with E-state index in [0.717, 1.165) is 19.5 Å². The summed E-state index contributed by atoms with van der Waals surface area (Å²) in [4.78, 5) is 12.7. The van der Waals surface area contributed by atoms with Gasteiger partial charge in [-0.2, -0.15) is 0 Å². The van der Waals surface area contributed by atoms with Crippen molar-refractivity contribution in [2.75, 3.05) is 13.1 Å². The van der Waals surface area contributed by atoms with Crippen molar-refractivity contribution >= 4 is 6.41 Å². The monoisotopic (exact) mass is 168 g/mol.